The van der Waals surface area contributed by atoms with E-state index in [9.17, 15) is 4.39 Å². The Morgan fingerprint density at radius 1 is 1.13 bits per heavy atom. The fourth-order valence-electron chi connectivity index (χ4n) is 3.26. The SMILES string of the molecule is Cc1[nH]nnc1-c1ccnc(-c2ncn(C)c2-c2ccc(F)cc2OCC(C)C)c1. The lowest BCUT2D eigenvalue weighted by atomic mass is 10.0. The third-order valence-electron chi connectivity index (χ3n) is 4.71. The normalized spacial score (nSPS) is 11.3. The molecule has 0 saturated carbocycles. The number of hydrogen-bond donors (Lipinski definition) is 1. The molecule has 0 aliphatic carbocycles. The van der Waals surface area contributed by atoms with Crippen LogP contribution in [0.3, 0.4) is 0 Å². The van der Waals surface area contributed by atoms with E-state index in [1.54, 1.807) is 18.6 Å². The summed E-state index contributed by atoms with van der Waals surface area (Å²) in [5, 5.41) is 10.9. The van der Waals surface area contributed by atoms with Gasteiger partial charge < -0.3 is 9.30 Å². The lowest BCUT2D eigenvalue weighted by Gasteiger charge is -2.15. The zero-order chi connectivity index (χ0) is 21.3. The molecule has 0 aliphatic heterocycles. The minimum atomic E-state index is -0.345. The minimum Gasteiger partial charge on any atom is -0.493 e. The molecule has 4 aromatic rings. The first-order valence-corrected chi connectivity index (χ1v) is 9.72. The Morgan fingerprint density at radius 2 is 1.97 bits per heavy atom. The van der Waals surface area contributed by atoms with E-state index in [0.717, 1.165) is 28.2 Å². The molecule has 154 valence electrons. The van der Waals surface area contributed by atoms with Gasteiger partial charge in [0.05, 0.1) is 30.0 Å². The molecule has 0 amide bonds. The topological polar surface area (TPSA) is 81.5 Å². The number of ether oxygens (including phenoxy) is 1. The van der Waals surface area contributed by atoms with E-state index in [0.29, 0.717) is 29.7 Å². The Labute approximate surface area is 174 Å². The van der Waals surface area contributed by atoms with Crippen molar-refractivity contribution in [3.63, 3.8) is 0 Å². The largest absolute Gasteiger partial charge is 0.493 e. The van der Waals surface area contributed by atoms with Crippen LogP contribution < -0.4 is 4.74 Å². The number of nitrogens with one attached hydrogen (secondary N) is 1. The van der Waals surface area contributed by atoms with Crippen LogP contribution in [0.1, 0.15) is 19.5 Å². The van der Waals surface area contributed by atoms with E-state index in [1.165, 1.54) is 12.1 Å². The van der Waals surface area contributed by atoms with E-state index >= 15 is 0 Å². The number of aromatic amines is 1. The monoisotopic (exact) mass is 406 g/mol. The number of aromatic nitrogens is 6. The minimum absolute atomic E-state index is 0.316. The van der Waals surface area contributed by atoms with Gasteiger partial charge in [-0.05, 0) is 37.1 Å². The second kappa shape index (κ2) is 8.06. The van der Waals surface area contributed by atoms with Gasteiger partial charge in [0.15, 0.2) is 0 Å². The fourth-order valence-corrected chi connectivity index (χ4v) is 3.26. The Kier molecular flexibility index (Phi) is 5.31. The maximum atomic E-state index is 14.0. The Hall–Kier alpha value is -3.55. The number of hydrogen-bond acceptors (Lipinski definition) is 5. The first kappa shape index (κ1) is 19.8. The summed E-state index contributed by atoms with van der Waals surface area (Å²) in [7, 11) is 1.90. The molecule has 0 saturated heterocycles. The Bertz CT molecular complexity index is 1180. The van der Waals surface area contributed by atoms with Crippen LogP contribution >= 0.6 is 0 Å². The number of benzene rings is 1. The number of halogens is 1. The van der Waals surface area contributed by atoms with Crippen molar-refractivity contribution in [2.45, 2.75) is 20.8 Å². The average molecular weight is 406 g/mol. The number of pyridine rings is 1. The van der Waals surface area contributed by atoms with Gasteiger partial charge in [-0.3, -0.25) is 10.1 Å². The van der Waals surface area contributed by atoms with Crippen molar-refractivity contribution in [1.29, 1.82) is 0 Å². The maximum Gasteiger partial charge on any atom is 0.131 e. The van der Waals surface area contributed by atoms with Crippen molar-refractivity contribution in [2.24, 2.45) is 13.0 Å². The van der Waals surface area contributed by atoms with Crippen LogP contribution in [0.15, 0.2) is 42.9 Å². The molecule has 0 radical (unpaired) electrons. The summed E-state index contributed by atoms with van der Waals surface area (Å²) in [5.74, 6) is 0.455. The average Bonchev–Trinajstić information content (AvgIpc) is 3.32. The predicted octanol–water partition coefficient (Wildman–Crippen LogP) is 4.42. The highest BCUT2D eigenvalue weighted by molar-refractivity contribution is 5.81. The number of aryl methyl sites for hydroxylation is 2. The van der Waals surface area contributed by atoms with Crippen molar-refractivity contribution in [1.82, 2.24) is 29.9 Å². The first-order valence-electron chi connectivity index (χ1n) is 9.72. The van der Waals surface area contributed by atoms with Gasteiger partial charge in [0.25, 0.3) is 0 Å². The van der Waals surface area contributed by atoms with E-state index < -0.39 is 0 Å². The molecule has 0 unspecified atom stereocenters. The van der Waals surface area contributed by atoms with Crippen LogP contribution in [0.5, 0.6) is 5.75 Å². The van der Waals surface area contributed by atoms with Crippen LogP contribution in [0.2, 0.25) is 0 Å². The lowest BCUT2D eigenvalue weighted by molar-refractivity contribution is 0.271. The molecule has 0 bridgehead atoms. The summed E-state index contributed by atoms with van der Waals surface area (Å²) < 4.78 is 21.8. The van der Waals surface area contributed by atoms with Crippen molar-refractivity contribution in [3.05, 3.63) is 54.4 Å². The lowest BCUT2D eigenvalue weighted by Crippen LogP contribution is -2.06. The van der Waals surface area contributed by atoms with E-state index in [2.05, 4.69) is 39.2 Å². The number of rotatable bonds is 6. The zero-order valence-electron chi connectivity index (χ0n) is 17.3. The second-order valence-corrected chi connectivity index (χ2v) is 7.61. The van der Waals surface area contributed by atoms with Gasteiger partial charge in [0, 0.05) is 30.4 Å². The zero-order valence-corrected chi connectivity index (χ0v) is 17.3. The summed E-state index contributed by atoms with van der Waals surface area (Å²) in [6.07, 6.45) is 3.44. The highest BCUT2D eigenvalue weighted by Crippen LogP contribution is 2.37. The van der Waals surface area contributed by atoms with Crippen molar-refractivity contribution < 1.29 is 9.13 Å². The molecule has 8 heteroatoms. The van der Waals surface area contributed by atoms with Crippen LogP contribution in [0.4, 0.5) is 4.39 Å². The standard InChI is InChI=1S/C22H23FN6O/c1-13(2)11-30-19-10-16(23)5-6-17(19)22-21(25-12-29(22)4)18-9-15(7-8-24-18)20-14(3)26-28-27-20/h5-10,12-13H,11H2,1-4H3,(H,26,27,28). The molecule has 3 aromatic heterocycles. The van der Waals surface area contributed by atoms with Crippen molar-refractivity contribution >= 4 is 0 Å². The van der Waals surface area contributed by atoms with Gasteiger partial charge >= 0.3 is 0 Å². The summed E-state index contributed by atoms with van der Waals surface area (Å²) in [6, 6.07) is 8.37. The summed E-state index contributed by atoms with van der Waals surface area (Å²) in [5.41, 5.74) is 5.45. The van der Waals surface area contributed by atoms with E-state index in [1.807, 2.05) is 30.7 Å². The molecule has 30 heavy (non-hydrogen) atoms. The van der Waals surface area contributed by atoms with Gasteiger partial charge in [-0.2, -0.15) is 0 Å². The molecule has 0 aliphatic rings. The summed E-state index contributed by atoms with van der Waals surface area (Å²) >= 11 is 0. The number of H-pyrrole nitrogens is 1. The fraction of sp³-hybridized carbons (Fsp3) is 0.273. The molecule has 0 fully saturated rings. The molecular weight excluding hydrogens is 383 g/mol. The highest BCUT2D eigenvalue weighted by atomic mass is 19.1. The number of nitrogens with zero attached hydrogens (tertiary/aromatic N) is 5. The van der Waals surface area contributed by atoms with Crippen LogP contribution in [-0.4, -0.2) is 36.6 Å². The van der Waals surface area contributed by atoms with Crippen molar-refractivity contribution in [3.8, 4) is 39.7 Å². The van der Waals surface area contributed by atoms with E-state index in [4.69, 9.17) is 4.74 Å². The van der Waals surface area contributed by atoms with Crippen LogP contribution in [-0.2, 0) is 7.05 Å². The first-order chi connectivity index (χ1) is 14.4. The van der Waals surface area contributed by atoms with Crippen molar-refractivity contribution in [2.75, 3.05) is 6.61 Å². The predicted molar refractivity (Wildman–Crippen MR) is 112 cm³/mol. The number of imidazole rings is 1. The second-order valence-electron chi connectivity index (χ2n) is 7.61. The third-order valence-corrected chi connectivity index (χ3v) is 4.71. The molecule has 1 aromatic carbocycles. The Balaban J connectivity index is 1.82. The highest BCUT2D eigenvalue weighted by Gasteiger charge is 2.20. The molecular formula is C22H23FN6O. The smallest absolute Gasteiger partial charge is 0.131 e. The molecule has 1 N–H and O–H groups in total. The Morgan fingerprint density at radius 3 is 2.70 bits per heavy atom. The molecule has 0 spiro atoms. The van der Waals surface area contributed by atoms with Gasteiger partial charge in [0.2, 0.25) is 0 Å². The third kappa shape index (κ3) is 3.80. The molecule has 3 heterocycles. The van der Waals surface area contributed by atoms with Gasteiger partial charge in [-0.25, -0.2) is 9.37 Å². The quantitative estimate of drug-likeness (QED) is 0.513. The van der Waals surface area contributed by atoms with Gasteiger partial charge in [-0.15, -0.1) is 5.10 Å². The van der Waals surface area contributed by atoms with Gasteiger partial charge in [0.1, 0.15) is 23.0 Å². The van der Waals surface area contributed by atoms with Crippen LogP contribution in [0, 0.1) is 18.7 Å². The molecule has 7 nitrogen and oxygen atoms in total. The van der Waals surface area contributed by atoms with E-state index in [-0.39, 0.29) is 5.82 Å². The maximum absolute atomic E-state index is 14.0. The van der Waals surface area contributed by atoms with Crippen LogP contribution in [0.25, 0.3) is 33.9 Å². The molecule has 4 rings (SSSR count). The summed E-state index contributed by atoms with van der Waals surface area (Å²) in [6.45, 7) is 6.51. The molecule has 0 atom stereocenters. The summed E-state index contributed by atoms with van der Waals surface area (Å²) in [4.78, 5) is 9.09. The van der Waals surface area contributed by atoms with Gasteiger partial charge in [-0.1, -0.05) is 19.1 Å².